The average Bonchev–Trinajstić information content (AvgIpc) is 3.45. The number of rotatable bonds is 6. The number of phenolic OH excluding ortho intramolecular Hbond substituents is 1. The smallest absolute Gasteiger partial charge is 0.308 e. The first kappa shape index (κ1) is 25.6. The Morgan fingerprint density at radius 2 is 2.21 bits per heavy atom. The number of aromatic hydroxyl groups is 1. The van der Waals surface area contributed by atoms with Crippen LogP contribution in [0.1, 0.15) is 42.2 Å². The number of piperidine rings is 1. The molecule has 1 spiro atoms. The number of carbonyl (C=O) groups excluding carboxylic acids is 2. The topological polar surface area (TPSA) is 79.3 Å². The van der Waals surface area contributed by atoms with Crippen LogP contribution in [0.2, 0.25) is 0 Å². The van der Waals surface area contributed by atoms with Gasteiger partial charge in [-0.25, -0.2) is 0 Å². The molecule has 5 atom stereocenters. The van der Waals surface area contributed by atoms with Crippen molar-refractivity contribution in [1.82, 2.24) is 9.80 Å². The molecule has 2 aromatic rings. The number of hydrogen-bond donors (Lipinski definition) is 1. The van der Waals surface area contributed by atoms with Crippen molar-refractivity contribution in [2.45, 2.75) is 56.2 Å². The Bertz CT molecular complexity index is 1350. The molecule has 4 aliphatic rings. The highest BCUT2D eigenvalue weighted by molar-refractivity contribution is 9.10. The number of benzene rings is 1. The molecule has 1 amide bonds. The van der Waals surface area contributed by atoms with Gasteiger partial charge in [-0.1, -0.05) is 6.08 Å². The van der Waals surface area contributed by atoms with E-state index in [9.17, 15) is 14.7 Å². The lowest BCUT2D eigenvalue weighted by molar-refractivity contribution is -0.135. The van der Waals surface area contributed by atoms with Gasteiger partial charge in [0, 0.05) is 70.0 Å². The van der Waals surface area contributed by atoms with Gasteiger partial charge in [0.05, 0.1) is 6.04 Å². The minimum Gasteiger partial charge on any atom is -0.508 e. The molecule has 2 aliphatic heterocycles. The van der Waals surface area contributed by atoms with E-state index in [1.807, 2.05) is 35.5 Å². The van der Waals surface area contributed by atoms with Gasteiger partial charge in [0.25, 0.3) is 0 Å². The van der Waals surface area contributed by atoms with Crippen molar-refractivity contribution in [3.63, 3.8) is 0 Å². The van der Waals surface area contributed by atoms with E-state index in [1.165, 1.54) is 13.0 Å². The Balaban J connectivity index is 1.41. The third-order valence-electron chi connectivity index (χ3n) is 8.93. The van der Waals surface area contributed by atoms with Crippen molar-refractivity contribution >= 4 is 45.2 Å². The van der Waals surface area contributed by atoms with Crippen molar-refractivity contribution in [3.05, 3.63) is 56.7 Å². The summed E-state index contributed by atoms with van der Waals surface area (Å²) in [6, 6.07) is 3.59. The Morgan fingerprint density at radius 3 is 2.92 bits per heavy atom. The van der Waals surface area contributed by atoms with Crippen molar-refractivity contribution in [3.8, 4) is 17.2 Å². The molecule has 7 nitrogen and oxygen atoms in total. The van der Waals surface area contributed by atoms with Crippen LogP contribution in [0.5, 0.6) is 17.2 Å². The summed E-state index contributed by atoms with van der Waals surface area (Å²) >= 11 is 5.04. The van der Waals surface area contributed by atoms with E-state index in [0.717, 1.165) is 52.8 Å². The van der Waals surface area contributed by atoms with Crippen LogP contribution in [0, 0.1) is 5.92 Å². The number of nitrogens with zero attached hydrogens (tertiary/aromatic N) is 2. The second-order valence-corrected chi connectivity index (χ2v) is 12.6. The molecule has 0 unspecified atom stereocenters. The van der Waals surface area contributed by atoms with Gasteiger partial charge < -0.3 is 19.5 Å². The molecule has 6 rings (SSSR count). The first-order valence-electron chi connectivity index (χ1n) is 13.0. The SMILES string of the molecule is C=CCN1CC[C@]23c4c5c(O)cc(OC(C)=O)c4O[C@H]2[C@@H](N(C)C(=O)/C=C/c2cc(Br)cs2)CC[C@H]3[C@H]1C5. The molecule has 1 N–H and O–H groups in total. The molecule has 1 aromatic heterocycles. The van der Waals surface area contributed by atoms with Gasteiger partial charge >= 0.3 is 5.97 Å². The zero-order valence-corrected chi connectivity index (χ0v) is 23.9. The summed E-state index contributed by atoms with van der Waals surface area (Å²) in [5.74, 6) is 0.736. The Morgan fingerprint density at radius 1 is 1.39 bits per heavy atom. The summed E-state index contributed by atoms with van der Waals surface area (Å²) in [4.78, 5) is 30.6. The van der Waals surface area contributed by atoms with Crippen LogP contribution in [-0.4, -0.2) is 65.1 Å². The van der Waals surface area contributed by atoms with Crippen LogP contribution in [0.25, 0.3) is 6.08 Å². The van der Waals surface area contributed by atoms with E-state index in [4.69, 9.17) is 9.47 Å². The van der Waals surface area contributed by atoms with Crippen LogP contribution in [0.15, 0.2) is 40.7 Å². The largest absolute Gasteiger partial charge is 0.508 e. The molecule has 200 valence electrons. The molecule has 2 aliphatic carbocycles. The van der Waals surface area contributed by atoms with Crippen LogP contribution in [-0.2, 0) is 21.4 Å². The molecule has 2 bridgehead atoms. The van der Waals surface area contributed by atoms with Crippen molar-refractivity contribution < 1.29 is 24.2 Å². The zero-order valence-electron chi connectivity index (χ0n) is 21.5. The van der Waals surface area contributed by atoms with Gasteiger partial charge in [-0.05, 0) is 66.2 Å². The number of esters is 1. The fourth-order valence-corrected chi connectivity index (χ4v) is 8.86. The molecule has 1 saturated carbocycles. The maximum Gasteiger partial charge on any atom is 0.308 e. The third-order valence-corrected chi connectivity index (χ3v) is 10.6. The number of ether oxygens (including phenoxy) is 2. The van der Waals surface area contributed by atoms with Crippen LogP contribution >= 0.6 is 27.3 Å². The highest BCUT2D eigenvalue weighted by atomic mass is 79.9. The van der Waals surface area contributed by atoms with Crippen molar-refractivity contribution in [2.24, 2.45) is 5.92 Å². The standard InChI is InChI=1S/C29H31BrN2O5S/c1-4-10-32-11-9-29-20-6-7-21(31(3)25(35)8-5-18-12-17(30)15-38-18)28(29)37-27-24(36-16(2)33)14-23(34)19(26(27)29)13-22(20)32/h4-5,8,12,14-15,20-22,28,34H,1,6-7,9-11,13H2,2-3H3/b8-5+/t20-,21-,22+,28-,29-/m0/s1. The number of amides is 1. The lowest BCUT2D eigenvalue weighted by Crippen LogP contribution is -2.68. The van der Waals surface area contributed by atoms with Crippen molar-refractivity contribution in [2.75, 3.05) is 20.1 Å². The molecular weight excluding hydrogens is 568 g/mol. The lowest BCUT2D eigenvalue weighted by atomic mass is 9.51. The first-order chi connectivity index (χ1) is 18.2. The second kappa shape index (κ2) is 9.54. The lowest BCUT2D eigenvalue weighted by Gasteiger charge is -2.60. The van der Waals surface area contributed by atoms with Crippen LogP contribution < -0.4 is 9.47 Å². The number of hydrogen-bond acceptors (Lipinski definition) is 7. The van der Waals surface area contributed by atoms with Crippen LogP contribution in [0.3, 0.4) is 0 Å². The number of carbonyl (C=O) groups is 2. The summed E-state index contributed by atoms with van der Waals surface area (Å²) in [6.45, 7) is 6.99. The van der Waals surface area contributed by atoms with Gasteiger partial charge in [-0.15, -0.1) is 17.9 Å². The fraction of sp³-hybridized carbons (Fsp3) is 0.448. The molecule has 38 heavy (non-hydrogen) atoms. The first-order valence-corrected chi connectivity index (χ1v) is 14.7. The predicted octanol–water partition coefficient (Wildman–Crippen LogP) is 4.91. The monoisotopic (exact) mass is 598 g/mol. The summed E-state index contributed by atoms with van der Waals surface area (Å²) < 4.78 is 13.3. The third kappa shape index (κ3) is 3.85. The summed E-state index contributed by atoms with van der Waals surface area (Å²) in [6.07, 6.45) is 8.44. The number of halogens is 1. The van der Waals surface area contributed by atoms with E-state index in [0.29, 0.717) is 18.1 Å². The molecule has 2 fully saturated rings. The second-order valence-electron chi connectivity index (χ2n) is 10.8. The van der Waals surface area contributed by atoms with Gasteiger partial charge in [0.1, 0.15) is 11.9 Å². The van der Waals surface area contributed by atoms with E-state index < -0.39 is 5.97 Å². The Kier molecular flexibility index (Phi) is 6.44. The molecule has 3 heterocycles. The minimum atomic E-state index is -0.461. The number of phenols is 1. The zero-order chi connectivity index (χ0) is 26.8. The predicted molar refractivity (Wildman–Crippen MR) is 150 cm³/mol. The Hall–Kier alpha value is -2.62. The normalized spacial score (nSPS) is 29.0. The summed E-state index contributed by atoms with van der Waals surface area (Å²) in [5, 5.41) is 13.1. The highest BCUT2D eigenvalue weighted by Gasteiger charge is 2.67. The van der Waals surface area contributed by atoms with E-state index in [1.54, 1.807) is 17.4 Å². The maximum absolute atomic E-state index is 13.4. The quantitative estimate of drug-likeness (QED) is 0.220. The van der Waals surface area contributed by atoms with Gasteiger partial charge in [-0.3, -0.25) is 14.5 Å². The molecule has 1 saturated heterocycles. The summed E-state index contributed by atoms with van der Waals surface area (Å²) in [5.41, 5.74) is 1.51. The van der Waals surface area contributed by atoms with Gasteiger partial charge in [0.15, 0.2) is 11.5 Å². The Labute approximate surface area is 234 Å². The fourth-order valence-electron chi connectivity index (χ4n) is 7.52. The molecule has 0 radical (unpaired) electrons. The summed E-state index contributed by atoms with van der Waals surface area (Å²) in [7, 11) is 1.85. The van der Waals surface area contributed by atoms with E-state index in [-0.39, 0.29) is 41.0 Å². The van der Waals surface area contributed by atoms with Crippen molar-refractivity contribution in [1.29, 1.82) is 0 Å². The number of likely N-dealkylation sites (N-methyl/N-ethyl adjacent to an activating group) is 1. The number of thiophene rings is 1. The highest BCUT2D eigenvalue weighted by Crippen LogP contribution is 2.65. The van der Waals surface area contributed by atoms with E-state index >= 15 is 0 Å². The average molecular weight is 600 g/mol. The maximum atomic E-state index is 13.4. The van der Waals surface area contributed by atoms with Gasteiger partial charge in [-0.2, -0.15) is 0 Å². The van der Waals surface area contributed by atoms with E-state index in [2.05, 4.69) is 27.4 Å². The molecule has 9 heteroatoms. The number of likely N-dealkylation sites (tertiary alicyclic amines) is 1. The molecular formula is C29H31BrN2O5S. The van der Waals surface area contributed by atoms with Gasteiger partial charge in [0.2, 0.25) is 5.91 Å². The van der Waals surface area contributed by atoms with Crippen LogP contribution in [0.4, 0.5) is 0 Å². The minimum absolute atomic E-state index is 0.0753. The molecule has 1 aromatic carbocycles.